The van der Waals surface area contributed by atoms with E-state index in [4.69, 9.17) is 0 Å². The molecule has 0 heterocycles. The Labute approximate surface area is 80.4 Å². The maximum atomic E-state index is 13.3. The smallest absolute Gasteiger partial charge is 0.139 e. The average Bonchev–Trinajstić information content (AvgIpc) is 2.03. The van der Waals surface area contributed by atoms with E-state index in [-0.39, 0.29) is 10.7 Å². The largest absolute Gasteiger partial charge is 0.255 e. The van der Waals surface area contributed by atoms with Crippen molar-refractivity contribution in [1.29, 1.82) is 0 Å². The summed E-state index contributed by atoms with van der Waals surface area (Å²) in [4.78, 5) is 0.282. The lowest BCUT2D eigenvalue weighted by molar-refractivity contribution is 0.592. The Morgan fingerprint density at radius 1 is 1.38 bits per heavy atom. The molecule has 0 aliphatic heterocycles. The summed E-state index contributed by atoms with van der Waals surface area (Å²) in [6.07, 6.45) is 1.48. The van der Waals surface area contributed by atoms with Crippen molar-refractivity contribution in [1.82, 2.24) is 0 Å². The molecule has 0 aliphatic rings. The van der Waals surface area contributed by atoms with Crippen molar-refractivity contribution >= 4 is 10.8 Å². The fraction of sp³-hybridized carbons (Fsp3) is 0.400. The van der Waals surface area contributed by atoms with Gasteiger partial charge in [0.25, 0.3) is 0 Å². The molecule has 1 aromatic rings. The molecule has 1 rings (SSSR count). The van der Waals surface area contributed by atoms with Crippen LogP contribution in [-0.4, -0.2) is 10.5 Å². The zero-order valence-corrected chi connectivity index (χ0v) is 8.82. The van der Waals surface area contributed by atoms with Crippen LogP contribution in [0, 0.1) is 5.82 Å². The Morgan fingerprint density at radius 2 is 2.00 bits per heavy atom. The summed E-state index contributed by atoms with van der Waals surface area (Å²) < 4.78 is 24.3. The summed E-state index contributed by atoms with van der Waals surface area (Å²) in [5, 5.41) is 0. The van der Waals surface area contributed by atoms with Crippen molar-refractivity contribution in [3.05, 3.63) is 29.6 Å². The summed E-state index contributed by atoms with van der Waals surface area (Å²) in [5.41, 5.74) is 0.937. The van der Waals surface area contributed by atoms with Crippen molar-refractivity contribution < 1.29 is 8.60 Å². The van der Waals surface area contributed by atoms with Crippen LogP contribution in [0.2, 0.25) is 0 Å². The Balaban J connectivity index is 3.13. The second kappa shape index (κ2) is 4.01. The quantitative estimate of drug-likeness (QED) is 0.717. The first kappa shape index (κ1) is 10.4. The molecule has 13 heavy (non-hydrogen) atoms. The van der Waals surface area contributed by atoms with Gasteiger partial charge in [0.05, 0.1) is 15.7 Å². The zero-order valence-electron chi connectivity index (χ0n) is 8.00. The molecule has 0 spiro atoms. The summed E-state index contributed by atoms with van der Waals surface area (Å²) in [5.74, 6) is -0.0686. The molecule has 0 saturated carbocycles. The second-order valence-electron chi connectivity index (χ2n) is 3.30. The van der Waals surface area contributed by atoms with Gasteiger partial charge in [-0.3, -0.25) is 4.21 Å². The van der Waals surface area contributed by atoms with Gasteiger partial charge in [0.1, 0.15) is 5.82 Å². The molecule has 1 atom stereocenters. The minimum Gasteiger partial charge on any atom is -0.255 e. The molecule has 0 aromatic heterocycles. The van der Waals surface area contributed by atoms with E-state index >= 15 is 0 Å². The maximum Gasteiger partial charge on any atom is 0.139 e. The highest BCUT2D eigenvalue weighted by molar-refractivity contribution is 7.84. The highest BCUT2D eigenvalue weighted by atomic mass is 32.2. The summed E-state index contributed by atoms with van der Waals surface area (Å²) in [6, 6.07) is 4.88. The average molecular weight is 200 g/mol. The molecule has 0 saturated heterocycles. The molecule has 1 aromatic carbocycles. The number of benzene rings is 1. The first-order valence-electron chi connectivity index (χ1n) is 4.15. The van der Waals surface area contributed by atoms with Crippen LogP contribution in [0.4, 0.5) is 4.39 Å². The second-order valence-corrected chi connectivity index (χ2v) is 4.65. The monoisotopic (exact) mass is 200 g/mol. The maximum absolute atomic E-state index is 13.3. The van der Waals surface area contributed by atoms with Crippen molar-refractivity contribution in [2.75, 3.05) is 6.26 Å². The van der Waals surface area contributed by atoms with E-state index in [1.54, 1.807) is 6.07 Å². The van der Waals surface area contributed by atoms with E-state index in [2.05, 4.69) is 0 Å². The Morgan fingerprint density at radius 3 is 2.38 bits per heavy atom. The molecule has 0 N–H and O–H groups in total. The molecule has 0 radical (unpaired) electrons. The predicted molar refractivity (Wildman–Crippen MR) is 52.8 cm³/mol. The van der Waals surface area contributed by atoms with Crippen LogP contribution in [0.3, 0.4) is 0 Å². The standard InChI is InChI=1S/C10H13FOS/c1-7(2)8-4-5-10(13(3)12)9(11)6-8/h4-7H,1-3H3. The Hall–Kier alpha value is -0.700. The van der Waals surface area contributed by atoms with Gasteiger partial charge in [0, 0.05) is 6.26 Å². The Kier molecular flexibility index (Phi) is 3.20. The van der Waals surface area contributed by atoms with E-state index in [1.807, 2.05) is 19.9 Å². The normalized spacial score (nSPS) is 13.3. The van der Waals surface area contributed by atoms with Gasteiger partial charge in [-0.2, -0.15) is 0 Å². The van der Waals surface area contributed by atoms with Crippen LogP contribution in [0.25, 0.3) is 0 Å². The third-order valence-corrected chi connectivity index (χ3v) is 2.88. The van der Waals surface area contributed by atoms with Crippen LogP contribution in [0.5, 0.6) is 0 Å². The van der Waals surface area contributed by atoms with Crippen LogP contribution < -0.4 is 0 Å². The Bertz CT molecular complexity index is 334. The lowest BCUT2D eigenvalue weighted by Crippen LogP contribution is -1.95. The van der Waals surface area contributed by atoms with Gasteiger partial charge >= 0.3 is 0 Å². The predicted octanol–water partition coefficient (Wildman–Crippen LogP) is 2.69. The third kappa shape index (κ3) is 2.37. The van der Waals surface area contributed by atoms with Gasteiger partial charge in [0.15, 0.2) is 0 Å². The summed E-state index contributed by atoms with van der Waals surface area (Å²) >= 11 is 0. The van der Waals surface area contributed by atoms with Crippen molar-refractivity contribution in [3.63, 3.8) is 0 Å². The fourth-order valence-electron chi connectivity index (χ4n) is 1.11. The fourth-order valence-corrected chi connectivity index (χ4v) is 1.70. The zero-order chi connectivity index (χ0) is 10.0. The lowest BCUT2D eigenvalue weighted by Gasteiger charge is -2.06. The molecular weight excluding hydrogens is 187 g/mol. The lowest BCUT2D eigenvalue weighted by atomic mass is 10.0. The van der Waals surface area contributed by atoms with Gasteiger partial charge in [-0.05, 0) is 23.6 Å². The van der Waals surface area contributed by atoms with Gasteiger partial charge in [0.2, 0.25) is 0 Å². The summed E-state index contributed by atoms with van der Waals surface area (Å²) in [7, 11) is -1.24. The van der Waals surface area contributed by atoms with E-state index < -0.39 is 10.8 Å². The molecule has 1 unspecified atom stereocenters. The summed E-state index contributed by atoms with van der Waals surface area (Å²) in [6.45, 7) is 3.99. The van der Waals surface area contributed by atoms with Crippen molar-refractivity contribution in [3.8, 4) is 0 Å². The van der Waals surface area contributed by atoms with E-state index in [0.29, 0.717) is 5.92 Å². The van der Waals surface area contributed by atoms with Gasteiger partial charge in [-0.15, -0.1) is 0 Å². The highest BCUT2D eigenvalue weighted by Gasteiger charge is 2.07. The molecule has 3 heteroatoms. The first-order chi connectivity index (χ1) is 6.02. The molecule has 0 amide bonds. The van der Waals surface area contributed by atoms with Crippen LogP contribution in [0.1, 0.15) is 25.3 Å². The highest BCUT2D eigenvalue weighted by Crippen LogP contribution is 2.19. The number of hydrogen-bond acceptors (Lipinski definition) is 1. The van der Waals surface area contributed by atoms with Crippen molar-refractivity contribution in [2.45, 2.75) is 24.7 Å². The van der Waals surface area contributed by atoms with E-state index in [1.165, 1.54) is 12.3 Å². The molecule has 0 fully saturated rings. The molecular formula is C10H13FOS. The number of halogens is 1. The SMILES string of the molecule is CC(C)c1ccc(S(C)=O)c(F)c1. The number of hydrogen-bond donors (Lipinski definition) is 0. The van der Waals surface area contributed by atoms with Crippen molar-refractivity contribution in [2.24, 2.45) is 0 Å². The topological polar surface area (TPSA) is 17.1 Å². The van der Waals surface area contributed by atoms with Gasteiger partial charge < -0.3 is 0 Å². The molecule has 0 bridgehead atoms. The molecule has 1 nitrogen and oxygen atoms in total. The first-order valence-corrected chi connectivity index (χ1v) is 5.71. The van der Waals surface area contributed by atoms with Gasteiger partial charge in [-0.1, -0.05) is 19.9 Å². The molecule has 0 aliphatic carbocycles. The number of rotatable bonds is 2. The minimum atomic E-state index is -1.24. The van der Waals surface area contributed by atoms with Gasteiger partial charge in [-0.25, -0.2) is 4.39 Å². The minimum absolute atomic E-state index is 0.282. The van der Waals surface area contributed by atoms with Crippen LogP contribution >= 0.6 is 0 Å². The van der Waals surface area contributed by atoms with Crippen LogP contribution in [0.15, 0.2) is 23.1 Å². The molecule has 72 valence electrons. The van der Waals surface area contributed by atoms with Crippen LogP contribution in [-0.2, 0) is 10.8 Å². The van der Waals surface area contributed by atoms with E-state index in [0.717, 1.165) is 5.56 Å². The third-order valence-electron chi connectivity index (χ3n) is 1.93. The van der Waals surface area contributed by atoms with E-state index in [9.17, 15) is 8.60 Å².